The molecular weight excluding hydrogens is 109 g/mol. The molecule has 40 valence electrons. The zero-order valence-corrected chi connectivity index (χ0v) is 3.72. The van der Waals surface area contributed by atoms with E-state index in [1.165, 1.54) is 0 Å². The maximum Gasteiger partial charge on any atom is 0.397 e. The predicted molar refractivity (Wildman–Crippen MR) is 19.8 cm³/mol. The fourth-order valence-electron chi connectivity index (χ4n) is 0. The molecule has 6 heavy (non-hydrogen) atoms. The van der Waals surface area contributed by atoms with E-state index in [1.807, 2.05) is 0 Å². The molecule has 0 rings (SSSR count). The van der Waals surface area contributed by atoms with Crippen molar-refractivity contribution in [2.24, 2.45) is 5.50 Å². The Labute approximate surface area is 34.3 Å². The normalized spacial score (nSPS) is 9.83. The summed E-state index contributed by atoms with van der Waals surface area (Å²) in [5.74, 6) is 0. The highest BCUT2D eigenvalue weighted by molar-refractivity contribution is 7.49. The van der Waals surface area contributed by atoms with Gasteiger partial charge in [0.15, 0.2) is 0 Å². The van der Waals surface area contributed by atoms with Crippen molar-refractivity contribution in [3.05, 3.63) is 0 Å². The first-order valence-corrected chi connectivity index (χ1v) is 2.52. The van der Waals surface area contributed by atoms with Gasteiger partial charge < -0.3 is 15.3 Å². The highest BCUT2D eigenvalue weighted by Crippen LogP contribution is 2.20. The molecule has 0 aromatic carbocycles. The summed E-state index contributed by atoms with van der Waals surface area (Å²) in [5.41, 5.74) is 4.02. The van der Waals surface area contributed by atoms with E-state index < -0.39 is 7.75 Å². The van der Waals surface area contributed by atoms with E-state index in [1.54, 1.807) is 0 Å². The third kappa shape index (κ3) is 7830. The Morgan fingerprint density at radius 2 is 1.50 bits per heavy atom. The molecule has 0 aromatic rings. The lowest BCUT2D eigenvalue weighted by atomic mass is 13.9. The van der Waals surface area contributed by atoms with Crippen molar-refractivity contribution in [2.45, 2.75) is 0 Å². The summed E-state index contributed by atoms with van der Waals surface area (Å²) in [5, 5.41) is 0. The van der Waals surface area contributed by atoms with Gasteiger partial charge in [-0.2, -0.15) is 0 Å². The molecule has 0 aliphatic carbocycles. The van der Waals surface area contributed by atoms with Crippen molar-refractivity contribution in [3.63, 3.8) is 0 Å². The van der Waals surface area contributed by atoms with Crippen molar-refractivity contribution in [3.8, 4) is 0 Å². The zero-order valence-electron chi connectivity index (χ0n) is 2.83. The predicted octanol–water partition coefficient (Wildman–Crippen LogP) is -1.79. The van der Waals surface area contributed by atoms with E-state index in [-0.39, 0.29) is 5.48 Å². The Balaban J connectivity index is 0. The van der Waals surface area contributed by atoms with Crippen molar-refractivity contribution in [1.29, 1.82) is 0 Å². The number of rotatable bonds is 0. The molecule has 0 unspecified atom stereocenters. The molecule has 5 nitrogen and oxygen atoms in total. The van der Waals surface area contributed by atoms with Gasteiger partial charge in [-0.25, -0.2) is 10.1 Å². The summed E-state index contributed by atoms with van der Waals surface area (Å²) in [4.78, 5) is 14.8. The molecule has 0 fully saturated rings. The van der Waals surface area contributed by atoms with E-state index in [0.717, 1.165) is 0 Å². The standard InChI is InChI=1S/H4NO3P.H2O/c1-5(2,3)4;/h(H4,1,2,3,4);1H2. The van der Waals surface area contributed by atoms with E-state index in [9.17, 15) is 0 Å². The van der Waals surface area contributed by atoms with Crippen LogP contribution in [-0.4, -0.2) is 15.3 Å². The van der Waals surface area contributed by atoms with Crippen LogP contribution < -0.4 is 5.50 Å². The lowest BCUT2D eigenvalue weighted by Crippen LogP contribution is -1.87. The topological polar surface area (TPSA) is 115 Å². The Kier molecular flexibility index (Phi) is 3.58. The largest absolute Gasteiger partial charge is 0.412 e. The van der Waals surface area contributed by atoms with Crippen LogP contribution in [-0.2, 0) is 4.57 Å². The highest BCUT2D eigenvalue weighted by atomic mass is 31.2. The number of nitrogens with two attached hydrogens (primary N) is 1. The van der Waals surface area contributed by atoms with Crippen molar-refractivity contribution < 1.29 is 19.8 Å². The highest BCUT2D eigenvalue weighted by Gasteiger charge is 1.96. The van der Waals surface area contributed by atoms with Crippen molar-refractivity contribution >= 4 is 7.75 Å². The van der Waals surface area contributed by atoms with Gasteiger partial charge in [-0.1, -0.05) is 0 Å². The van der Waals surface area contributed by atoms with Gasteiger partial charge >= 0.3 is 7.75 Å². The molecule has 0 aliphatic rings. The summed E-state index contributed by atoms with van der Waals surface area (Å²) in [6, 6.07) is 0. The van der Waals surface area contributed by atoms with Gasteiger partial charge in [0.05, 0.1) is 0 Å². The van der Waals surface area contributed by atoms with Crippen LogP contribution in [0.2, 0.25) is 0 Å². The lowest BCUT2D eigenvalue weighted by molar-refractivity contribution is 0.374. The van der Waals surface area contributed by atoms with Gasteiger partial charge in [0, 0.05) is 0 Å². The Hall–Kier alpha value is 0.0700. The average molecular weight is 115 g/mol. The minimum Gasteiger partial charge on any atom is -0.412 e. The van der Waals surface area contributed by atoms with Gasteiger partial charge in [-0.05, 0) is 0 Å². The van der Waals surface area contributed by atoms with Crippen LogP contribution in [0.3, 0.4) is 0 Å². The molecule has 0 aromatic heterocycles. The minimum absolute atomic E-state index is 0. The monoisotopic (exact) mass is 115 g/mol. The number of hydrogen-bond acceptors (Lipinski definition) is 1. The van der Waals surface area contributed by atoms with Crippen LogP contribution >= 0.6 is 7.75 Å². The first-order valence-electron chi connectivity index (χ1n) is 0.841. The van der Waals surface area contributed by atoms with E-state index in [2.05, 4.69) is 5.50 Å². The van der Waals surface area contributed by atoms with Crippen LogP contribution in [0.25, 0.3) is 0 Å². The van der Waals surface area contributed by atoms with Crippen molar-refractivity contribution in [2.75, 3.05) is 0 Å². The second kappa shape index (κ2) is 2.28. The summed E-state index contributed by atoms with van der Waals surface area (Å²) >= 11 is 0. The molecule has 0 bridgehead atoms. The fraction of sp³-hybridized carbons (Fsp3) is 0. The van der Waals surface area contributed by atoms with Gasteiger partial charge in [0.2, 0.25) is 0 Å². The van der Waals surface area contributed by atoms with E-state index in [0.29, 0.717) is 0 Å². The molecule has 0 spiro atoms. The second-order valence-electron chi connectivity index (χ2n) is 0.589. The third-order valence-corrected chi connectivity index (χ3v) is 0. The average Bonchev–Trinajstić information content (AvgIpc) is 0.722. The summed E-state index contributed by atoms with van der Waals surface area (Å²) < 4.78 is 9.10. The van der Waals surface area contributed by atoms with Crippen LogP contribution in [0, 0.1) is 0 Å². The first kappa shape index (κ1) is 9.42. The van der Waals surface area contributed by atoms with Gasteiger partial charge in [-0.15, -0.1) is 0 Å². The second-order valence-corrected chi connectivity index (χ2v) is 1.77. The maximum absolute atomic E-state index is 9.10. The Bertz CT molecular complexity index is 53.7. The SMILES string of the molecule is NP(=O)(O)O.O. The maximum atomic E-state index is 9.10. The molecule has 0 atom stereocenters. The summed E-state index contributed by atoms with van der Waals surface area (Å²) in [7, 11) is -4.14. The van der Waals surface area contributed by atoms with Crippen LogP contribution in [0.1, 0.15) is 0 Å². The number of hydrogen-bond donors (Lipinski definition) is 3. The Morgan fingerprint density at radius 1 is 1.50 bits per heavy atom. The smallest absolute Gasteiger partial charge is 0.397 e. The third-order valence-electron chi connectivity index (χ3n) is 0. The van der Waals surface area contributed by atoms with Crippen LogP contribution in [0.4, 0.5) is 0 Å². The summed E-state index contributed by atoms with van der Waals surface area (Å²) in [6.07, 6.45) is 0. The van der Waals surface area contributed by atoms with Crippen molar-refractivity contribution in [1.82, 2.24) is 0 Å². The molecule has 0 saturated carbocycles. The van der Waals surface area contributed by atoms with Gasteiger partial charge in [-0.3, -0.25) is 0 Å². The van der Waals surface area contributed by atoms with Gasteiger partial charge in [0.25, 0.3) is 0 Å². The molecular formula is H6NO4P. The Morgan fingerprint density at radius 3 is 1.50 bits per heavy atom. The lowest BCUT2D eigenvalue weighted by Gasteiger charge is -1.84. The van der Waals surface area contributed by atoms with Crippen LogP contribution in [0.5, 0.6) is 0 Å². The quantitative estimate of drug-likeness (QED) is 0.323. The molecule has 6 heteroatoms. The zero-order chi connectivity index (χ0) is 4.50. The molecule has 0 heterocycles. The molecule has 0 aliphatic heterocycles. The molecule has 0 amide bonds. The van der Waals surface area contributed by atoms with E-state index >= 15 is 0 Å². The fourth-order valence-corrected chi connectivity index (χ4v) is 0. The summed E-state index contributed by atoms with van der Waals surface area (Å²) in [6.45, 7) is 0. The molecule has 6 N–H and O–H groups in total. The van der Waals surface area contributed by atoms with Crippen LogP contribution in [0.15, 0.2) is 0 Å². The molecule has 0 radical (unpaired) electrons. The first-order chi connectivity index (χ1) is 2.00. The van der Waals surface area contributed by atoms with E-state index in [4.69, 9.17) is 14.4 Å². The minimum atomic E-state index is -4.14. The molecule has 0 saturated heterocycles. The van der Waals surface area contributed by atoms with Gasteiger partial charge in [0.1, 0.15) is 0 Å².